The lowest BCUT2D eigenvalue weighted by Gasteiger charge is -2.27. The first-order chi connectivity index (χ1) is 13.4. The number of rotatable bonds is 9. The minimum absolute atomic E-state index is 0.227. The standard InChI is InChI=1S/C24H32N2O2/c1-24(2,3)23(27)10-5-4-7-18-8-6-9-19(13-18)20-14-22(16-25-15-20)28-17-21-11-12-26-21/h6,8-9,13-16,21,26H,4-5,7,10-12,17H2,1-3H3/t21-/m0/s1. The molecule has 4 nitrogen and oxygen atoms in total. The lowest BCUT2D eigenvalue weighted by atomic mass is 9.87. The van der Waals surface area contributed by atoms with Gasteiger partial charge in [-0.1, -0.05) is 45.0 Å². The number of nitrogens with zero attached hydrogens (tertiary/aromatic N) is 1. The van der Waals surface area contributed by atoms with Gasteiger partial charge < -0.3 is 10.1 Å². The molecule has 2 heterocycles. The molecule has 28 heavy (non-hydrogen) atoms. The van der Waals surface area contributed by atoms with Gasteiger partial charge in [0, 0.05) is 29.6 Å². The SMILES string of the molecule is CC(C)(C)C(=O)CCCCc1cccc(-c2cncc(OC[C@@H]3CCN3)c2)c1. The molecule has 1 aliphatic heterocycles. The van der Waals surface area contributed by atoms with E-state index in [4.69, 9.17) is 4.74 Å². The minimum atomic E-state index is -0.227. The Hall–Kier alpha value is -2.20. The Kier molecular flexibility index (Phi) is 6.84. The molecule has 0 aliphatic carbocycles. The van der Waals surface area contributed by atoms with Crippen molar-refractivity contribution in [2.75, 3.05) is 13.2 Å². The van der Waals surface area contributed by atoms with Crippen molar-refractivity contribution in [1.29, 1.82) is 0 Å². The molecule has 3 rings (SSSR count). The Morgan fingerprint density at radius 3 is 2.71 bits per heavy atom. The Morgan fingerprint density at radius 2 is 2.00 bits per heavy atom. The van der Waals surface area contributed by atoms with E-state index in [0.29, 0.717) is 24.9 Å². The van der Waals surface area contributed by atoms with Gasteiger partial charge in [-0.05, 0) is 49.4 Å². The van der Waals surface area contributed by atoms with Gasteiger partial charge in [0.2, 0.25) is 0 Å². The summed E-state index contributed by atoms with van der Waals surface area (Å²) >= 11 is 0. The minimum Gasteiger partial charge on any atom is -0.490 e. The number of unbranched alkanes of at least 4 members (excludes halogenated alkanes) is 1. The van der Waals surface area contributed by atoms with Crippen molar-refractivity contribution < 1.29 is 9.53 Å². The highest BCUT2D eigenvalue weighted by Crippen LogP contribution is 2.25. The number of benzene rings is 1. The molecule has 2 aromatic rings. The summed E-state index contributed by atoms with van der Waals surface area (Å²) < 4.78 is 5.87. The van der Waals surface area contributed by atoms with Crippen LogP contribution in [0.1, 0.15) is 52.0 Å². The summed E-state index contributed by atoms with van der Waals surface area (Å²) in [5, 5.41) is 3.34. The fraction of sp³-hybridized carbons (Fsp3) is 0.500. The van der Waals surface area contributed by atoms with Crippen LogP contribution in [0.5, 0.6) is 5.75 Å². The highest BCUT2D eigenvalue weighted by molar-refractivity contribution is 5.83. The summed E-state index contributed by atoms with van der Waals surface area (Å²) in [6.07, 6.45) is 8.47. The van der Waals surface area contributed by atoms with Crippen LogP contribution in [0.25, 0.3) is 11.1 Å². The first-order valence-corrected chi connectivity index (χ1v) is 10.4. The van der Waals surface area contributed by atoms with Crippen LogP contribution in [0.15, 0.2) is 42.7 Å². The second kappa shape index (κ2) is 9.33. The molecule has 1 fully saturated rings. The molecule has 0 bridgehead atoms. The smallest absolute Gasteiger partial charge is 0.138 e. The molecule has 1 aliphatic rings. The van der Waals surface area contributed by atoms with E-state index >= 15 is 0 Å². The van der Waals surface area contributed by atoms with E-state index < -0.39 is 0 Å². The van der Waals surface area contributed by atoms with Gasteiger partial charge in [0.1, 0.15) is 18.1 Å². The lowest BCUT2D eigenvalue weighted by Crippen LogP contribution is -2.46. The Morgan fingerprint density at radius 1 is 1.18 bits per heavy atom. The first-order valence-electron chi connectivity index (χ1n) is 10.4. The van der Waals surface area contributed by atoms with E-state index in [1.165, 1.54) is 12.0 Å². The largest absolute Gasteiger partial charge is 0.490 e. The zero-order chi connectivity index (χ0) is 20.0. The van der Waals surface area contributed by atoms with Gasteiger partial charge in [0.25, 0.3) is 0 Å². The fourth-order valence-corrected chi connectivity index (χ4v) is 3.24. The molecule has 0 radical (unpaired) electrons. The Bertz CT molecular complexity index is 791. The molecule has 1 saturated heterocycles. The van der Waals surface area contributed by atoms with Gasteiger partial charge in [0.15, 0.2) is 0 Å². The molecule has 1 N–H and O–H groups in total. The van der Waals surface area contributed by atoms with E-state index in [1.54, 1.807) is 6.20 Å². The van der Waals surface area contributed by atoms with Crippen LogP contribution in [-0.2, 0) is 11.2 Å². The Labute approximate surface area is 168 Å². The molecule has 0 unspecified atom stereocenters. The average Bonchev–Trinajstić information content (AvgIpc) is 2.63. The highest BCUT2D eigenvalue weighted by atomic mass is 16.5. The van der Waals surface area contributed by atoms with Gasteiger partial charge >= 0.3 is 0 Å². The van der Waals surface area contributed by atoms with Crippen molar-refractivity contribution in [1.82, 2.24) is 10.3 Å². The maximum Gasteiger partial charge on any atom is 0.138 e. The van der Waals surface area contributed by atoms with Crippen molar-refractivity contribution in [3.05, 3.63) is 48.3 Å². The summed E-state index contributed by atoms with van der Waals surface area (Å²) in [6.45, 7) is 7.76. The van der Waals surface area contributed by atoms with E-state index in [9.17, 15) is 4.79 Å². The molecular formula is C24H32N2O2. The van der Waals surface area contributed by atoms with Gasteiger partial charge in [-0.25, -0.2) is 0 Å². The van der Waals surface area contributed by atoms with Crippen molar-refractivity contribution in [3.63, 3.8) is 0 Å². The zero-order valence-corrected chi connectivity index (χ0v) is 17.3. The molecule has 1 atom stereocenters. The van der Waals surface area contributed by atoms with Crippen molar-refractivity contribution in [2.45, 2.75) is 58.9 Å². The zero-order valence-electron chi connectivity index (χ0n) is 17.3. The predicted molar refractivity (Wildman–Crippen MR) is 114 cm³/mol. The summed E-state index contributed by atoms with van der Waals surface area (Å²) in [7, 11) is 0. The lowest BCUT2D eigenvalue weighted by molar-refractivity contribution is -0.126. The van der Waals surface area contributed by atoms with Crippen LogP contribution in [0.4, 0.5) is 0 Å². The number of nitrogens with one attached hydrogen (secondary N) is 1. The highest BCUT2D eigenvalue weighted by Gasteiger charge is 2.20. The normalized spacial score (nSPS) is 16.5. The summed E-state index contributed by atoms with van der Waals surface area (Å²) in [4.78, 5) is 16.4. The number of aromatic nitrogens is 1. The van der Waals surface area contributed by atoms with E-state index in [0.717, 1.165) is 42.7 Å². The van der Waals surface area contributed by atoms with Crippen LogP contribution in [0.3, 0.4) is 0 Å². The topological polar surface area (TPSA) is 51.2 Å². The molecule has 0 amide bonds. The molecule has 1 aromatic carbocycles. The second-order valence-electron chi connectivity index (χ2n) is 8.74. The van der Waals surface area contributed by atoms with Crippen LogP contribution in [0, 0.1) is 5.41 Å². The molecule has 4 heteroatoms. The quantitative estimate of drug-likeness (QED) is 0.634. The maximum atomic E-state index is 12.0. The number of pyridine rings is 1. The van der Waals surface area contributed by atoms with Crippen molar-refractivity contribution >= 4 is 5.78 Å². The number of carbonyl (C=O) groups excluding carboxylic acids is 1. The van der Waals surface area contributed by atoms with Gasteiger partial charge in [-0.15, -0.1) is 0 Å². The van der Waals surface area contributed by atoms with Gasteiger partial charge in [-0.3, -0.25) is 9.78 Å². The number of ether oxygens (including phenoxy) is 1. The van der Waals surface area contributed by atoms with E-state index in [2.05, 4.69) is 40.6 Å². The second-order valence-corrected chi connectivity index (χ2v) is 8.74. The number of ketones is 1. The monoisotopic (exact) mass is 380 g/mol. The number of carbonyl (C=O) groups is 1. The number of hydrogen-bond donors (Lipinski definition) is 1. The summed E-state index contributed by atoms with van der Waals surface area (Å²) in [5.41, 5.74) is 3.30. The third-order valence-corrected chi connectivity index (χ3v) is 5.31. The molecule has 150 valence electrons. The predicted octanol–water partition coefficient (Wildman–Crippen LogP) is 4.82. The summed E-state index contributed by atoms with van der Waals surface area (Å²) in [5.74, 6) is 1.17. The maximum absolute atomic E-state index is 12.0. The fourth-order valence-electron chi connectivity index (χ4n) is 3.24. The third kappa shape index (κ3) is 5.90. The molecular weight excluding hydrogens is 348 g/mol. The van der Waals surface area contributed by atoms with Gasteiger partial charge in [-0.2, -0.15) is 0 Å². The van der Waals surface area contributed by atoms with Crippen LogP contribution < -0.4 is 10.1 Å². The molecule has 0 saturated carbocycles. The van der Waals surface area contributed by atoms with Gasteiger partial charge in [0.05, 0.1) is 6.20 Å². The van der Waals surface area contributed by atoms with Crippen LogP contribution >= 0.6 is 0 Å². The number of hydrogen-bond acceptors (Lipinski definition) is 4. The number of aryl methyl sites for hydroxylation is 1. The van der Waals surface area contributed by atoms with Crippen LogP contribution in [0.2, 0.25) is 0 Å². The summed E-state index contributed by atoms with van der Waals surface area (Å²) in [6, 6.07) is 11.1. The van der Waals surface area contributed by atoms with Crippen LogP contribution in [-0.4, -0.2) is 30.0 Å². The average molecular weight is 381 g/mol. The number of Topliss-reactive ketones (excluding diaryl/α,β-unsaturated/α-hetero) is 1. The first kappa shape index (κ1) is 20.5. The molecule has 1 aromatic heterocycles. The van der Waals surface area contributed by atoms with E-state index in [-0.39, 0.29) is 5.41 Å². The van der Waals surface area contributed by atoms with Crippen molar-refractivity contribution in [2.24, 2.45) is 5.41 Å². The van der Waals surface area contributed by atoms with Crippen molar-refractivity contribution in [3.8, 4) is 16.9 Å². The molecule has 0 spiro atoms. The Balaban J connectivity index is 1.54. The third-order valence-electron chi connectivity index (χ3n) is 5.31. The van der Waals surface area contributed by atoms with E-state index in [1.807, 2.05) is 27.0 Å².